The molecule has 0 N–H and O–H groups in total. The Morgan fingerprint density at radius 2 is 0.633 bits per heavy atom. The van der Waals surface area contributed by atoms with Crippen molar-refractivity contribution >= 4 is 113 Å². The minimum absolute atomic E-state index is 0.0750. The van der Waals surface area contributed by atoms with Gasteiger partial charge in [-0.3, -0.25) is 0 Å². The summed E-state index contributed by atoms with van der Waals surface area (Å²) in [6.07, 6.45) is 0. The molecule has 0 bridgehead atoms. The SMILES string of the molecule is O=P12c3ccccc3B(c3ccc(-n4c5ccccc5c5ccccc54)cc3)c3cccc(c31)B(c1ccc(-n3c4ccccc4c4ccccc43)cc1)c1ccccc12. The predicted molar refractivity (Wildman–Crippen MR) is 257 cm³/mol. The molecule has 0 saturated heterocycles. The van der Waals surface area contributed by atoms with Gasteiger partial charge in [0.25, 0.3) is 0 Å². The second kappa shape index (κ2) is 12.7. The zero-order chi connectivity index (χ0) is 39.5. The highest BCUT2D eigenvalue weighted by atomic mass is 31.2. The van der Waals surface area contributed by atoms with Gasteiger partial charge < -0.3 is 13.7 Å². The van der Waals surface area contributed by atoms with Crippen molar-refractivity contribution in [3.05, 3.63) is 212 Å². The average Bonchev–Trinajstić information content (AvgIpc) is 3.83. The van der Waals surface area contributed by atoms with E-state index in [2.05, 4.69) is 221 Å². The lowest BCUT2D eigenvalue weighted by Gasteiger charge is -2.40. The van der Waals surface area contributed by atoms with E-state index >= 15 is 4.57 Å². The Labute approximate surface area is 348 Å². The van der Waals surface area contributed by atoms with E-state index in [1.807, 2.05) is 0 Å². The first-order chi connectivity index (χ1) is 29.7. The van der Waals surface area contributed by atoms with E-state index in [-0.39, 0.29) is 13.4 Å². The summed E-state index contributed by atoms with van der Waals surface area (Å²) in [5.41, 5.74) is 13.9. The van der Waals surface area contributed by atoms with Gasteiger partial charge in [0, 0.05) is 48.8 Å². The van der Waals surface area contributed by atoms with Crippen molar-refractivity contribution in [2.24, 2.45) is 0 Å². The second-order valence-corrected chi connectivity index (χ2v) is 18.9. The number of nitrogens with zero attached hydrogens (tertiary/aromatic N) is 2. The van der Waals surface area contributed by atoms with E-state index in [4.69, 9.17) is 0 Å². The van der Waals surface area contributed by atoms with Gasteiger partial charge in [-0.1, -0.05) is 197 Å². The van der Waals surface area contributed by atoms with E-state index < -0.39 is 7.14 Å². The van der Waals surface area contributed by atoms with Crippen molar-refractivity contribution in [3.8, 4) is 11.4 Å². The average molecular weight is 780 g/mol. The molecule has 13 rings (SSSR count). The highest BCUT2D eigenvalue weighted by Crippen LogP contribution is 2.44. The number of benzene rings is 9. The molecule has 2 aliphatic rings. The molecule has 0 amide bonds. The smallest absolute Gasteiger partial charge is 0.243 e. The molecule has 9 aromatic carbocycles. The Kier molecular flexibility index (Phi) is 7.18. The fourth-order valence-corrected chi connectivity index (χ4v) is 14.5. The molecule has 2 aromatic heterocycles. The van der Waals surface area contributed by atoms with Gasteiger partial charge >= 0.3 is 0 Å². The highest BCUT2D eigenvalue weighted by molar-refractivity contribution is 7.88. The van der Waals surface area contributed by atoms with E-state index in [1.165, 1.54) is 54.5 Å². The Morgan fingerprint density at radius 1 is 0.317 bits per heavy atom. The van der Waals surface area contributed by atoms with Gasteiger partial charge in [0.2, 0.25) is 13.4 Å². The largest absolute Gasteiger partial charge is 0.309 e. The van der Waals surface area contributed by atoms with Crippen LogP contribution in [0.25, 0.3) is 55.0 Å². The van der Waals surface area contributed by atoms with Crippen molar-refractivity contribution in [2.75, 3.05) is 0 Å². The van der Waals surface area contributed by atoms with Crippen LogP contribution in [0.3, 0.4) is 0 Å². The Morgan fingerprint density at radius 3 is 1.02 bits per heavy atom. The van der Waals surface area contributed by atoms with Crippen LogP contribution in [0.1, 0.15) is 0 Å². The quantitative estimate of drug-likeness (QED) is 0.138. The molecule has 3 nitrogen and oxygen atoms in total. The van der Waals surface area contributed by atoms with Crippen LogP contribution in [-0.4, -0.2) is 22.6 Å². The molecule has 4 heterocycles. The summed E-state index contributed by atoms with van der Waals surface area (Å²) in [4.78, 5) is 0. The second-order valence-electron chi connectivity index (χ2n) is 16.3. The van der Waals surface area contributed by atoms with Crippen molar-refractivity contribution in [2.45, 2.75) is 0 Å². The van der Waals surface area contributed by atoms with Crippen LogP contribution in [-0.2, 0) is 4.57 Å². The molecule has 278 valence electrons. The predicted octanol–water partition coefficient (Wildman–Crippen LogP) is 7.18. The topological polar surface area (TPSA) is 26.9 Å². The fourth-order valence-electron chi connectivity index (χ4n) is 10.9. The number of aromatic nitrogens is 2. The van der Waals surface area contributed by atoms with E-state index in [1.54, 1.807) is 0 Å². The maximum atomic E-state index is 16.4. The molecule has 0 unspecified atom stereocenters. The summed E-state index contributed by atoms with van der Waals surface area (Å²) in [6, 6.07) is 76.5. The third kappa shape index (κ3) is 4.56. The summed E-state index contributed by atoms with van der Waals surface area (Å²) in [7, 11) is -3.25. The third-order valence-electron chi connectivity index (χ3n) is 13.3. The van der Waals surface area contributed by atoms with Crippen molar-refractivity contribution < 1.29 is 4.57 Å². The lowest BCUT2D eigenvalue weighted by atomic mass is 9.33. The lowest BCUT2D eigenvalue weighted by molar-refractivity contribution is 0.592. The van der Waals surface area contributed by atoms with E-state index in [9.17, 15) is 0 Å². The number of rotatable bonds is 4. The fraction of sp³-hybridized carbons (Fsp3) is 0. The molecule has 0 aliphatic carbocycles. The van der Waals surface area contributed by atoms with Crippen LogP contribution in [0.15, 0.2) is 212 Å². The molecular weight excluding hydrogens is 745 g/mol. The number of hydrogen-bond acceptors (Lipinski definition) is 1. The lowest BCUT2D eigenvalue weighted by Crippen LogP contribution is -2.74. The molecular formula is C54H35B2N2OP. The molecule has 2 aliphatic heterocycles. The summed E-state index contributed by atoms with van der Waals surface area (Å²) in [6.45, 7) is -0.150. The minimum Gasteiger partial charge on any atom is -0.309 e. The standard InChI is InChI=1S/C54H35B2N2OP/c59-60-52-26-11-5-18-44(52)55(36-28-32-38(33-29-36)57-48-22-7-1-14-40(48)41-15-2-8-23-49(41)57)46-20-13-21-47(54(46)60)56(45-19-6-12-27-53(45)60)37-30-34-39(35-31-37)58-50-24-9-3-16-42(50)43-17-4-10-25-51(43)58/h1-35H. The molecule has 0 radical (unpaired) electrons. The zero-order valence-corrected chi connectivity index (χ0v) is 33.5. The van der Waals surface area contributed by atoms with E-state index in [0.29, 0.717) is 0 Å². The van der Waals surface area contributed by atoms with Gasteiger partial charge in [-0.05, 0) is 48.5 Å². The number of fused-ring (bicyclic) bond motifs is 10. The maximum Gasteiger partial charge on any atom is 0.243 e. The molecule has 11 aromatic rings. The van der Waals surface area contributed by atoms with Gasteiger partial charge in [0.15, 0.2) is 7.14 Å². The molecule has 0 atom stereocenters. The summed E-state index contributed by atoms with van der Waals surface area (Å²) >= 11 is 0. The summed E-state index contributed by atoms with van der Waals surface area (Å²) in [5, 5.41) is 7.92. The van der Waals surface area contributed by atoms with Crippen LogP contribution in [0.4, 0.5) is 0 Å². The van der Waals surface area contributed by atoms with Crippen LogP contribution >= 0.6 is 7.14 Å². The molecule has 0 fully saturated rings. The monoisotopic (exact) mass is 780 g/mol. The number of hydrogen-bond donors (Lipinski definition) is 0. The first-order valence-electron chi connectivity index (χ1n) is 20.8. The minimum atomic E-state index is -3.25. The van der Waals surface area contributed by atoms with Gasteiger partial charge in [-0.2, -0.15) is 0 Å². The molecule has 60 heavy (non-hydrogen) atoms. The van der Waals surface area contributed by atoms with Gasteiger partial charge in [0.05, 0.1) is 22.1 Å². The van der Waals surface area contributed by atoms with Crippen molar-refractivity contribution in [1.82, 2.24) is 9.13 Å². The first-order valence-corrected chi connectivity index (χ1v) is 22.5. The van der Waals surface area contributed by atoms with Crippen molar-refractivity contribution in [3.63, 3.8) is 0 Å². The molecule has 6 heteroatoms. The maximum absolute atomic E-state index is 16.4. The zero-order valence-electron chi connectivity index (χ0n) is 32.6. The van der Waals surface area contributed by atoms with Crippen molar-refractivity contribution in [1.29, 1.82) is 0 Å². The van der Waals surface area contributed by atoms with Gasteiger partial charge in [-0.15, -0.1) is 0 Å². The highest BCUT2D eigenvalue weighted by Gasteiger charge is 2.50. The van der Waals surface area contributed by atoms with E-state index in [0.717, 1.165) is 49.1 Å². The Bertz CT molecular complexity index is 3270. The third-order valence-corrected chi connectivity index (χ3v) is 16.7. The first kappa shape index (κ1) is 33.9. The van der Waals surface area contributed by atoms with Gasteiger partial charge in [0.1, 0.15) is 0 Å². The van der Waals surface area contributed by atoms with Crippen LogP contribution in [0.5, 0.6) is 0 Å². The normalized spacial score (nSPS) is 13.8. The van der Waals surface area contributed by atoms with Crippen LogP contribution < -0.4 is 48.7 Å². The summed E-state index contributed by atoms with van der Waals surface area (Å²) < 4.78 is 21.1. The number of para-hydroxylation sites is 4. The molecule has 0 saturated carbocycles. The molecule has 0 spiro atoms. The van der Waals surface area contributed by atoms with Gasteiger partial charge in [-0.25, -0.2) is 0 Å². The summed E-state index contributed by atoms with van der Waals surface area (Å²) in [5.74, 6) is 0. The van der Waals surface area contributed by atoms with Crippen LogP contribution in [0.2, 0.25) is 0 Å². The van der Waals surface area contributed by atoms with Crippen LogP contribution in [0, 0.1) is 0 Å². The Balaban J connectivity index is 0.978. The Hall–Kier alpha value is -7.06.